The number of piperazine rings is 1. The fourth-order valence-corrected chi connectivity index (χ4v) is 3.89. The van der Waals surface area contributed by atoms with E-state index < -0.39 is 25.1 Å². The van der Waals surface area contributed by atoms with Crippen LogP contribution in [0.25, 0.3) is 0 Å². The number of benzene rings is 1. The summed E-state index contributed by atoms with van der Waals surface area (Å²) in [5.41, 5.74) is 0.445. The number of hydrogen-bond donors (Lipinski definition) is 0. The van der Waals surface area contributed by atoms with E-state index in [4.69, 9.17) is 0 Å². The van der Waals surface area contributed by atoms with E-state index in [-0.39, 0.29) is 19.6 Å². The first-order valence-corrected chi connectivity index (χ1v) is 10.3. The Bertz CT molecular complexity index is 724. The van der Waals surface area contributed by atoms with E-state index in [1.165, 1.54) is 4.31 Å². The van der Waals surface area contributed by atoms with Crippen molar-refractivity contribution in [3.63, 3.8) is 0 Å². The highest BCUT2D eigenvalue weighted by molar-refractivity contribution is 8.45. The summed E-state index contributed by atoms with van der Waals surface area (Å²) < 4.78 is 87.7. The minimum absolute atomic E-state index is 0.234. The van der Waals surface area contributed by atoms with Crippen molar-refractivity contribution in [1.82, 2.24) is 9.21 Å². The Balaban J connectivity index is 2.01. The van der Waals surface area contributed by atoms with Crippen molar-refractivity contribution in [3.05, 3.63) is 41.8 Å². The van der Waals surface area contributed by atoms with Gasteiger partial charge in [0.05, 0.1) is 0 Å². The van der Waals surface area contributed by atoms with E-state index in [0.717, 1.165) is 17.5 Å². The van der Waals surface area contributed by atoms with Gasteiger partial charge in [0.2, 0.25) is 10.0 Å². The van der Waals surface area contributed by atoms with Gasteiger partial charge in [0.25, 0.3) is 0 Å². The van der Waals surface area contributed by atoms with Gasteiger partial charge in [0.1, 0.15) is 4.90 Å². The minimum Gasteiger partial charge on any atom is -0.296 e. The quantitative estimate of drug-likeness (QED) is 0.713. The van der Waals surface area contributed by atoms with Crippen molar-refractivity contribution in [2.24, 2.45) is 0 Å². The highest BCUT2D eigenvalue weighted by Gasteiger charge is 2.65. The zero-order valence-corrected chi connectivity index (χ0v) is 14.2. The number of sulfonamides is 1. The standard InChI is InChI=1S/C13H17F5N2O2S2/c1-2-23(21,22)20-9-7-19(8-10-20)11-12-3-5-13(6-4-12)24(14,15,16,17)18/h2-6H,1,7-11H2. The molecule has 0 atom stereocenters. The first-order valence-electron chi connectivity index (χ1n) is 6.89. The molecule has 1 aliphatic rings. The van der Waals surface area contributed by atoms with E-state index in [0.29, 0.717) is 30.8 Å². The van der Waals surface area contributed by atoms with Crippen molar-refractivity contribution in [2.75, 3.05) is 26.2 Å². The molecule has 0 unspecified atom stereocenters. The molecule has 1 aromatic rings. The predicted molar refractivity (Wildman–Crippen MR) is 83.8 cm³/mol. The molecule has 0 saturated carbocycles. The van der Waals surface area contributed by atoms with Crippen molar-refractivity contribution < 1.29 is 27.8 Å². The predicted octanol–water partition coefficient (Wildman–Crippen LogP) is 3.93. The molecule has 0 radical (unpaired) electrons. The van der Waals surface area contributed by atoms with E-state index in [1.54, 1.807) is 0 Å². The summed E-state index contributed by atoms with van der Waals surface area (Å²) in [7, 11) is -13.1. The molecule has 11 heteroatoms. The third-order valence-corrected chi connectivity index (χ3v) is 6.35. The van der Waals surface area contributed by atoms with Gasteiger partial charge in [-0.25, -0.2) is 8.42 Å². The highest BCUT2D eigenvalue weighted by atomic mass is 32.5. The van der Waals surface area contributed by atoms with Gasteiger partial charge in [0, 0.05) is 38.1 Å². The van der Waals surface area contributed by atoms with Crippen molar-refractivity contribution in [2.45, 2.75) is 11.4 Å². The van der Waals surface area contributed by atoms with Crippen molar-refractivity contribution in [3.8, 4) is 0 Å². The zero-order valence-electron chi connectivity index (χ0n) is 12.5. The van der Waals surface area contributed by atoms with Crippen molar-refractivity contribution >= 4 is 20.2 Å². The summed E-state index contributed by atoms with van der Waals surface area (Å²) in [4.78, 5) is -0.0789. The van der Waals surface area contributed by atoms with Gasteiger partial charge < -0.3 is 0 Å². The van der Waals surface area contributed by atoms with Crippen LogP contribution in [0.4, 0.5) is 19.4 Å². The van der Waals surface area contributed by atoms with Gasteiger partial charge in [0.15, 0.2) is 0 Å². The summed E-state index contributed by atoms with van der Waals surface area (Å²) >= 11 is 0. The molecule has 1 heterocycles. The molecule has 138 valence electrons. The number of halogens is 5. The van der Waals surface area contributed by atoms with Gasteiger partial charge in [-0.2, -0.15) is 4.31 Å². The van der Waals surface area contributed by atoms with Crippen molar-refractivity contribution in [1.29, 1.82) is 0 Å². The molecule has 1 aromatic carbocycles. The van der Waals surface area contributed by atoms with Crippen LogP contribution >= 0.6 is 10.2 Å². The van der Waals surface area contributed by atoms with Crippen LogP contribution in [0.3, 0.4) is 0 Å². The van der Waals surface area contributed by atoms with Gasteiger partial charge in [-0.05, 0) is 17.7 Å². The number of hydrogen-bond acceptors (Lipinski definition) is 3. The van der Waals surface area contributed by atoms with Crippen LogP contribution in [0.2, 0.25) is 0 Å². The first kappa shape index (κ1) is 19.2. The largest absolute Gasteiger partial charge is 0.310 e. The number of nitrogens with zero attached hydrogens (tertiary/aromatic N) is 2. The fraction of sp³-hybridized carbons (Fsp3) is 0.385. The molecule has 0 bridgehead atoms. The Morgan fingerprint density at radius 1 is 1.00 bits per heavy atom. The lowest BCUT2D eigenvalue weighted by molar-refractivity contribution is 0.182. The van der Waals surface area contributed by atoms with Crippen LogP contribution in [-0.2, 0) is 16.6 Å². The molecule has 0 N–H and O–H groups in total. The van der Waals surface area contributed by atoms with Crippen LogP contribution < -0.4 is 0 Å². The molecule has 0 amide bonds. The average Bonchev–Trinajstić information content (AvgIpc) is 2.46. The van der Waals surface area contributed by atoms with Crippen LogP contribution in [0.5, 0.6) is 0 Å². The fourth-order valence-electron chi connectivity index (χ4n) is 2.36. The van der Waals surface area contributed by atoms with Crippen LogP contribution in [0.1, 0.15) is 5.56 Å². The molecular weight excluding hydrogens is 375 g/mol. The normalized spacial score (nSPS) is 21.0. The molecule has 2 rings (SSSR count). The van der Waals surface area contributed by atoms with E-state index >= 15 is 0 Å². The Morgan fingerprint density at radius 2 is 1.50 bits per heavy atom. The molecule has 4 nitrogen and oxygen atoms in total. The average molecular weight is 392 g/mol. The maximum Gasteiger partial charge on any atom is 0.310 e. The zero-order chi connectivity index (χ0) is 18.3. The maximum absolute atomic E-state index is 12.6. The lowest BCUT2D eigenvalue weighted by Crippen LogP contribution is -2.47. The monoisotopic (exact) mass is 392 g/mol. The molecule has 0 aliphatic carbocycles. The lowest BCUT2D eigenvalue weighted by atomic mass is 10.2. The summed E-state index contributed by atoms with van der Waals surface area (Å²) in [5.74, 6) is 0. The smallest absolute Gasteiger partial charge is 0.296 e. The minimum atomic E-state index is -9.65. The van der Waals surface area contributed by atoms with E-state index in [1.807, 2.05) is 4.90 Å². The number of rotatable bonds is 5. The molecular formula is C13H17F5N2O2S2. The summed E-state index contributed by atoms with van der Waals surface area (Å²) in [6.45, 7) is 4.73. The van der Waals surface area contributed by atoms with Crippen LogP contribution in [-0.4, -0.2) is 43.8 Å². The van der Waals surface area contributed by atoms with E-state index in [2.05, 4.69) is 6.58 Å². The summed E-state index contributed by atoms with van der Waals surface area (Å²) in [5, 5.41) is 0.863. The molecule has 1 saturated heterocycles. The summed E-state index contributed by atoms with van der Waals surface area (Å²) in [6.07, 6.45) is 0. The second-order valence-corrected chi connectivity index (χ2v) is 9.79. The molecule has 0 aromatic heterocycles. The topological polar surface area (TPSA) is 40.6 Å². The Hall–Kier alpha value is -1.17. The Kier molecular flexibility index (Phi) is 4.32. The second-order valence-electron chi connectivity index (χ2n) is 5.50. The third kappa shape index (κ3) is 4.68. The van der Waals surface area contributed by atoms with Gasteiger partial charge in [-0.15, -0.1) is 0 Å². The van der Waals surface area contributed by atoms with Gasteiger partial charge in [-0.3, -0.25) is 4.90 Å². The lowest BCUT2D eigenvalue weighted by Gasteiger charge is -2.40. The third-order valence-electron chi connectivity index (χ3n) is 3.68. The highest BCUT2D eigenvalue weighted by Crippen LogP contribution is 3.02. The van der Waals surface area contributed by atoms with E-state index in [9.17, 15) is 27.8 Å². The Morgan fingerprint density at radius 3 is 1.92 bits per heavy atom. The molecule has 1 aliphatic heterocycles. The second kappa shape index (κ2) is 5.41. The first-order chi connectivity index (χ1) is 10.7. The SMILES string of the molecule is C=CS(=O)(=O)N1CCN(Cc2ccc(S(F)(F)(F)(F)F)cc2)CC1. The maximum atomic E-state index is 12.6. The molecule has 24 heavy (non-hydrogen) atoms. The van der Waals surface area contributed by atoms with Gasteiger partial charge in [-0.1, -0.05) is 38.1 Å². The van der Waals surface area contributed by atoms with Gasteiger partial charge >= 0.3 is 10.2 Å². The summed E-state index contributed by atoms with van der Waals surface area (Å²) in [6, 6.07) is 2.80. The molecule has 1 fully saturated rings. The van der Waals surface area contributed by atoms with Crippen LogP contribution in [0.15, 0.2) is 41.1 Å². The molecule has 0 spiro atoms. The Labute approximate surface area is 137 Å². The van der Waals surface area contributed by atoms with Crippen LogP contribution in [0, 0.1) is 0 Å².